The number of rotatable bonds is 8. The lowest BCUT2D eigenvalue weighted by Crippen LogP contribution is -2.12. The number of nitrogens with one attached hydrogen (secondary N) is 2. The SMILES string of the molecule is CC(Nc1ccc(NC(=O)c2cccc(OCc3cscn3)c2)cc1)c1ccccc1. The molecule has 0 aliphatic rings. The van der Waals surface area contributed by atoms with Gasteiger partial charge < -0.3 is 15.4 Å². The van der Waals surface area contributed by atoms with Gasteiger partial charge in [0, 0.05) is 28.4 Å². The van der Waals surface area contributed by atoms with E-state index in [0.717, 1.165) is 17.1 Å². The van der Waals surface area contributed by atoms with Gasteiger partial charge in [0.2, 0.25) is 0 Å². The smallest absolute Gasteiger partial charge is 0.255 e. The highest BCUT2D eigenvalue weighted by Gasteiger charge is 2.09. The molecule has 1 heterocycles. The molecule has 5 nitrogen and oxygen atoms in total. The van der Waals surface area contributed by atoms with Crippen molar-refractivity contribution in [3.63, 3.8) is 0 Å². The molecule has 0 fully saturated rings. The zero-order chi connectivity index (χ0) is 21.5. The van der Waals surface area contributed by atoms with E-state index >= 15 is 0 Å². The maximum Gasteiger partial charge on any atom is 0.255 e. The lowest BCUT2D eigenvalue weighted by Gasteiger charge is -2.16. The van der Waals surface area contributed by atoms with E-state index in [0.29, 0.717) is 17.9 Å². The van der Waals surface area contributed by atoms with Crippen LogP contribution >= 0.6 is 11.3 Å². The molecule has 1 aromatic heterocycles. The molecule has 0 aliphatic carbocycles. The summed E-state index contributed by atoms with van der Waals surface area (Å²) >= 11 is 1.53. The fourth-order valence-electron chi connectivity index (χ4n) is 3.12. The normalized spacial score (nSPS) is 11.5. The number of carbonyl (C=O) groups excluding carboxylic acids is 1. The minimum Gasteiger partial charge on any atom is -0.487 e. The fourth-order valence-corrected chi connectivity index (χ4v) is 3.66. The van der Waals surface area contributed by atoms with Crippen molar-refractivity contribution < 1.29 is 9.53 Å². The van der Waals surface area contributed by atoms with E-state index in [-0.39, 0.29) is 11.9 Å². The van der Waals surface area contributed by atoms with Crippen molar-refractivity contribution in [1.82, 2.24) is 4.98 Å². The molecule has 1 unspecified atom stereocenters. The van der Waals surface area contributed by atoms with Gasteiger partial charge in [-0.25, -0.2) is 4.98 Å². The maximum atomic E-state index is 12.7. The molecule has 4 rings (SSSR count). The number of nitrogens with zero attached hydrogens (tertiary/aromatic N) is 1. The van der Waals surface area contributed by atoms with Crippen molar-refractivity contribution in [3.8, 4) is 5.75 Å². The molecule has 1 atom stereocenters. The second-order valence-electron chi connectivity index (χ2n) is 7.10. The second kappa shape index (κ2) is 9.91. The predicted molar refractivity (Wildman–Crippen MR) is 126 cm³/mol. The van der Waals surface area contributed by atoms with Crippen molar-refractivity contribution >= 4 is 28.6 Å². The number of amides is 1. The number of thiazole rings is 1. The van der Waals surface area contributed by atoms with Gasteiger partial charge in [0.05, 0.1) is 11.2 Å². The summed E-state index contributed by atoms with van der Waals surface area (Å²) in [5.74, 6) is 0.451. The fraction of sp³-hybridized carbons (Fsp3) is 0.120. The average molecular weight is 430 g/mol. The van der Waals surface area contributed by atoms with E-state index in [1.807, 2.05) is 60.0 Å². The van der Waals surface area contributed by atoms with Crippen LogP contribution < -0.4 is 15.4 Å². The van der Waals surface area contributed by atoms with E-state index in [2.05, 4.69) is 34.7 Å². The standard InChI is InChI=1S/C25H23N3O2S/c1-18(19-6-3-2-4-7-19)27-21-10-12-22(13-11-21)28-25(29)20-8-5-9-24(14-20)30-15-23-16-31-17-26-23/h2-14,16-18,27H,15H2,1H3,(H,28,29). The maximum absolute atomic E-state index is 12.7. The molecule has 0 radical (unpaired) electrons. The van der Waals surface area contributed by atoms with Crippen LogP contribution in [0.5, 0.6) is 5.75 Å². The first-order chi connectivity index (χ1) is 15.2. The number of carbonyl (C=O) groups is 1. The summed E-state index contributed by atoms with van der Waals surface area (Å²) in [5, 5.41) is 8.34. The Kier molecular flexibility index (Phi) is 6.59. The van der Waals surface area contributed by atoms with Gasteiger partial charge in [-0.2, -0.15) is 0 Å². The third kappa shape index (κ3) is 5.71. The molecular formula is C25H23N3O2S. The van der Waals surface area contributed by atoms with Crippen LogP contribution in [0.25, 0.3) is 0 Å². The number of ether oxygens (including phenoxy) is 1. The Morgan fingerprint density at radius 3 is 2.52 bits per heavy atom. The molecule has 0 aliphatic heterocycles. The Morgan fingerprint density at radius 2 is 1.77 bits per heavy atom. The second-order valence-corrected chi connectivity index (χ2v) is 7.82. The van der Waals surface area contributed by atoms with Gasteiger partial charge in [0.15, 0.2) is 0 Å². The van der Waals surface area contributed by atoms with Crippen LogP contribution in [0.4, 0.5) is 11.4 Å². The van der Waals surface area contributed by atoms with Crippen LogP contribution in [0.2, 0.25) is 0 Å². The van der Waals surface area contributed by atoms with Crippen LogP contribution in [-0.2, 0) is 6.61 Å². The molecule has 6 heteroatoms. The first-order valence-corrected chi connectivity index (χ1v) is 10.9. The van der Waals surface area contributed by atoms with Gasteiger partial charge in [0.1, 0.15) is 12.4 Å². The highest BCUT2D eigenvalue weighted by molar-refractivity contribution is 7.07. The first-order valence-electron chi connectivity index (χ1n) is 10.0. The molecule has 2 N–H and O–H groups in total. The van der Waals surface area contributed by atoms with E-state index < -0.39 is 0 Å². The summed E-state index contributed by atoms with van der Waals surface area (Å²) in [6, 6.07) is 25.3. The summed E-state index contributed by atoms with van der Waals surface area (Å²) < 4.78 is 5.74. The van der Waals surface area contributed by atoms with Crippen LogP contribution in [0.1, 0.15) is 34.6 Å². The predicted octanol–water partition coefficient (Wildman–Crippen LogP) is 6.15. The Bertz CT molecular complexity index is 1110. The molecule has 4 aromatic rings. The molecule has 3 aromatic carbocycles. The zero-order valence-corrected chi connectivity index (χ0v) is 17.9. The molecule has 0 bridgehead atoms. The van der Waals surface area contributed by atoms with Gasteiger partial charge in [-0.05, 0) is 55.0 Å². The highest BCUT2D eigenvalue weighted by atomic mass is 32.1. The Balaban J connectivity index is 1.34. The summed E-state index contributed by atoms with van der Waals surface area (Å²) in [6.45, 7) is 2.50. The number of anilines is 2. The number of benzene rings is 3. The van der Waals surface area contributed by atoms with E-state index in [1.54, 1.807) is 17.6 Å². The average Bonchev–Trinajstić information content (AvgIpc) is 3.33. The third-order valence-corrected chi connectivity index (χ3v) is 5.43. The van der Waals surface area contributed by atoms with Crippen molar-refractivity contribution in [3.05, 3.63) is 107 Å². The van der Waals surface area contributed by atoms with Crippen LogP contribution in [0.15, 0.2) is 89.8 Å². The van der Waals surface area contributed by atoms with Gasteiger partial charge in [-0.1, -0.05) is 36.4 Å². The number of aromatic nitrogens is 1. The molecule has 0 spiro atoms. The van der Waals surface area contributed by atoms with Crippen molar-refractivity contribution in [2.24, 2.45) is 0 Å². The number of hydrogen-bond acceptors (Lipinski definition) is 5. The summed E-state index contributed by atoms with van der Waals surface area (Å²) in [6.07, 6.45) is 0. The minimum atomic E-state index is -0.183. The molecule has 0 saturated heterocycles. The molecule has 1 amide bonds. The topological polar surface area (TPSA) is 63.2 Å². The summed E-state index contributed by atoms with van der Waals surface area (Å²) in [4.78, 5) is 16.8. The van der Waals surface area contributed by atoms with Crippen LogP contribution in [-0.4, -0.2) is 10.9 Å². The molecular weight excluding hydrogens is 406 g/mol. The number of hydrogen-bond donors (Lipinski definition) is 2. The van der Waals surface area contributed by atoms with Crippen LogP contribution in [0.3, 0.4) is 0 Å². The molecule has 0 saturated carbocycles. The van der Waals surface area contributed by atoms with E-state index in [1.165, 1.54) is 16.9 Å². The lowest BCUT2D eigenvalue weighted by molar-refractivity contribution is 0.102. The monoisotopic (exact) mass is 429 g/mol. The molecule has 31 heavy (non-hydrogen) atoms. The Labute approximate surface area is 185 Å². The lowest BCUT2D eigenvalue weighted by atomic mass is 10.1. The first kappa shape index (κ1) is 20.6. The van der Waals surface area contributed by atoms with Gasteiger partial charge >= 0.3 is 0 Å². The summed E-state index contributed by atoms with van der Waals surface area (Å²) in [5.41, 5.74) is 6.12. The Hall–Kier alpha value is -3.64. The largest absolute Gasteiger partial charge is 0.487 e. The van der Waals surface area contributed by atoms with E-state index in [9.17, 15) is 4.79 Å². The third-order valence-electron chi connectivity index (χ3n) is 4.79. The molecule has 156 valence electrons. The van der Waals surface area contributed by atoms with Gasteiger partial charge in [0.25, 0.3) is 5.91 Å². The highest BCUT2D eigenvalue weighted by Crippen LogP contribution is 2.22. The van der Waals surface area contributed by atoms with Crippen molar-refractivity contribution in [2.45, 2.75) is 19.6 Å². The van der Waals surface area contributed by atoms with Crippen LogP contribution in [0, 0.1) is 0 Å². The summed E-state index contributed by atoms with van der Waals surface area (Å²) in [7, 11) is 0. The van der Waals surface area contributed by atoms with Crippen molar-refractivity contribution in [1.29, 1.82) is 0 Å². The van der Waals surface area contributed by atoms with E-state index in [4.69, 9.17) is 4.74 Å². The van der Waals surface area contributed by atoms with Gasteiger partial charge in [-0.3, -0.25) is 4.79 Å². The zero-order valence-electron chi connectivity index (χ0n) is 17.1. The van der Waals surface area contributed by atoms with Crippen molar-refractivity contribution in [2.75, 3.05) is 10.6 Å². The minimum absolute atomic E-state index is 0.183. The quantitative estimate of drug-likeness (QED) is 0.353. The van der Waals surface area contributed by atoms with Gasteiger partial charge in [-0.15, -0.1) is 11.3 Å². The Morgan fingerprint density at radius 1 is 1.00 bits per heavy atom.